The maximum absolute atomic E-state index is 12.6. The minimum absolute atomic E-state index is 0.000762. The molecule has 0 spiro atoms. The first-order valence-electron chi connectivity index (χ1n) is 9.23. The first kappa shape index (κ1) is 20.6. The number of hydrogen-bond acceptors (Lipinski definition) is 4. The Hall–Kier alpha value is -2.73. The van der Waals surface area contributed by atoms with Crippen LogP contribution in [0.4, 0.5) is 0 Å². The van der Waals surface area contributed by atoms with Gasteiger partial charge < -0.3 is 10.4 Å². The molecule has 1 aromatic heterocycles. The van der Waals surface area contributed by atoms with Gasteiger partial charge in [0, 0.05) is 36.8 Å². The lowest BCUT2D eigenvalue weighted by molar-refractivity contribution is -0.122. The summed E-state index contributed by atoms with van der Waals surface area (Å²) in [7, 11) is 0. The summed E-state index contributed by atoms with van der Waals surface area (Å²) >= 11 is 0. The topological polar surface area (TPSA) is 82.5 Å². The Balaban J connectivity index is 0.000000817. The number of pyridine rings is 1. The van der Waals surface area contributed by atoms with Crippen LogP contribution >= 0.6 is 0 Å². The van der Waals surface area contributed by atoms with E-state index in [1.165, 1.54) is 12.8 Å². The molecule has 0 bridgehead atoms. The van der Waals surface area contributed by atoms with E-state index in [4.69, 9.17) is 9.90 Å². The molecule has 1 fully saturated rings. The van der Waals surface area contributed by atoms with Crippen LogP contribution in [0.5, 0.6) is 0 Å². The largest absolute Gasteiger partial charge is 0.483 e. The predicted molar refractivity (Wildman–Crippen MR) is 107 cm³/mol. The van der Waals surface area contributed by atoms with Crippen molar-refractivity contribution in [2.45, 2.75) is 19.8 Å². The highest BCUT2D eigenvalue weighted by atomic mass is 16.3. The molecule has 1 aliphatic heterocycles. The molecule has 1 aromatic carbocycles. The second kappa shape index (κ2) is 11.1. The summed E-state index contributed by atoms with van der Waals surface area (Å²) in [6.07, 6.45) is 8.44. The third-order valence-corrected chi connectivity index (χ3v) is 4.64. The van der Waals surface area contributed by atoms with Gasteiger partial charge >= 0.3 is 0 Å². The molecule has 1 aliphatic rings. The number of carbonyl (C=O) groups excluding carboxylic acids is 1. The van der Waals surface area contributed by atoms with E-state index >= 15 is 0 Å². The molecule has 27 heavy (non-hydrogen) atoms. The molecule has 0 saturated carbocycles. The van der Waals surface area contributed by atoms with Gasteiger partial charge in [-0.05, 0) is 50.4 Å². The third kappa shape index (κ3) is 6.18. The Kier molecular flexibility index (Phi) is 8.45. The first-order valence-corrected chi connectivity index (χ1v) is 9.23. The van der Waals surface area contributed by atoms with Crippen LogP contribution < -0.4 is 5.32 Å². The normalized spacial score (nSPS) is 17.3. The molecule has 3 rings (SSSR count). The zero-order valence-electron chi connectivity index (χ0n) is 15.7. The Morgan fingerprint density at radius 1 is 1.37 bits per heavy atom. The van der Waals surface area contributed by atoms with Crippen LogP contribution in [-0.4, -0.2) is 53.5 Å². The number of piperidine rings is 1. The lowest BCUT2D eigenvalue weighted by atomic mass is 9.97. The summed E-state index contributed by atoms with van der Waals surface area (Å²) in [6, 6.07) is 9.53. The molecule has 1 amide bonds. The summed E-state index contributed by atoms with van der Waals surface area (Å²) < 4.78 is 0. The van der Waals surface area contributed by atoms with E-state index in [0.717, 1.165) is 37.1 Å². The van der Waals surface area contributed by atoms with Crippen molar-refractivity contribution in [3.05, 3.63) is 54.2 Å². The Labute approximate surface area is 159 Å². The van der Waals surface area contributed by atoms with Crippen molar-refractivity contribution in [1.29, 1.82) is 0 Å². The lowest BCUT2D eigenvalue weighted by Gasteiger charge is -2.32. The van der Waals surface area contributed by atoms with Crippen molar-refractivity contribution >= 4 is 23.3 Å². The van der Waals surface area contributed by atoms with Crippen molar-refractivity contribution in [2.24, 2.45) is 5.92 Å². The summed E-state index contributed by atoms with van der Waals surface area (Å²) in [6.45, 7) is 5.77. The fourth-order valence-corrected chi connectivity index (χ4v) is 3.37. The Bertz CT molecular complexity index is 771. The van der Waals surface area contributed by atoms with E-state index in [1.54, 1.807) is 6.20 Å². The van der Waals surface area contributed by atoms with Crippen molar-refractivity contribution < 1.29 is 14.7 Å². The van der Waals surface area contributed by atoms with Crippen LogP contribution in [0.2, 0.25) is 0 Å². The first-order chi connectivity index (χ1) is 13.2. The van der Waals surface area contributed by atoms with E-state index in [9.17, 15) is 4.79 Å². The highest BCUT2D eigenvalue weighted by Crippen LogP contribution is 2.18. The molecule has 0 radical (unpaired) electrons. The quantitative estimate of drug-likeness (QED) is 0.625. The molecule has 1 atom stereocenters. The molecule has 1 saturated heterocycles. The van der Waals surface area contributed by atoms with Gasteiger partial charge in [0.2, 0.25) is 0 Å². The number of hydrogen-bond donors (Lipinski definition) is 2. The standard InChI is InChI=1S/C20H25N3O.CH2O2/c1-2-3-12-23-13-6-7-16(15-23)14-22-20(24)18-8-4-10-19-17(18)9-5-11-21-19;2-1-3/h2-5,8-11,16H,6-7,12-15H2,1H3,(H,22,24);1H,(H,2,3). The monoisotopic (exact) mass is 369 g/mol. The van der Waals surface area contributed by atoms with Gasteiger partial charge in [0.1, 0.15) is 0 Å². The van der Waals surface area contributed by atoms with Crippen molar-refractivity contribution in [3.63, 3.8) is 0 Å². The van der Waals surface area contributed by atoms with Crippen LogP contribution in [0.25, 0.3) is 10.9 Å². The third-order valence-electron chi connectivity index (χ3n) is 4.64. The van der Waals surface area contributed by atoms with Gasteiger partial charge in [-0.1, -0.05) is 24.3 Å². The molecule has 2 heterocycles. The van der Waals surface area contributed by atoms with E-state index in [-0.39, 0.29) is 12.4 Å². The van der Waals surface area contributed by atoms with Crippen LogP contribution in [0.3, 0.4) is 0 Å². The molecular weight excluding hydrogens is 342 g/mol. The summed E-state index contributed by atoms with van der Waals surface area (Å²) in [5.74, 6) is 0.528. The zero-order valence-corrected chi connectivity index (χ0v) is 15.7. The summed E-state index contributed by atoms with van der Waals surface area (Å²) in [5, 5.41) is 10.9. The number of allylic oxidation sites excluding steroid dienone is 1. The Morgan fingerprint density at radius 3 is 2.96 bits per heavy atom. The number of fused-ring (bicyclic) bond motifs is 1. The number of aromatic nitrogens is 1. The van der Waals surface area contributed by atoms with Crippen molar-refractivity contribution in [1.82, 2.24) is 15.2 Å². The average Bonchev–Trinajstić information content (AvgIpc) is 2.71. The number of amides is 1. The van der Waals surface area contributed by atoms with Gasteiger partial charge in [-0.2, -0.15) is 0 Å². The molecule has 1 unspecified atom stereocenters. The molecule has 2 aromatic rings. The Morgan fingerprint density at radius 2 is 2.19 bits per heavy atom. The zero-order chi connectivity index (χ0) is 19.5. The maximum Gasteiger partial charge on any atom is 0.290 e. The molecule has 0 aliphatic carbocycles. The number of nitrogens with zero attached hydrogens (tertiary/aromatic N) is 2. The second-order valence-electron chi connectivity index (χ2n) is 6.53. The number of carbonyl (C=O) groups is 2. The van der Waals surface area contributed by atoms with Crippen molar-refractivity contribution in [3.8, 4) is 0 Å². The predicted octanol–water partition coefficient (Wildman–Crippen LogP) is 2.95. The summed E-state index contributed by atoms with van der Waals surface area (Å²) in [4.78, 5) is 27.7. The maximum atomic E-state index is 12.6. The highest BCUT2D eigenvalue weighted by Gasteiger charge is 2.20. The van der Waals surface area contributed by atoms with Crippen LogP contribution in [0, 0.1) is 5.92 Å². The highest BCUT2D eigenvalue weighted by molar-refractivity contribution is 6.06. The van der Waals surface area contributed by atoms with E-state index < -0.39 is 0 Å². The van der Waals surface area contributed by atoms with Gasteiger partial charge in [-0.15, -0.1) is 0 Å². The minimum atomic E-state index is -0.250. The number of likely N-dealkylation sites (tertiary alicyclic amines) is 1. The minimum Gasteiger partial charge on any atom is -0.483 e. The van der Waals surface area contributed by atoms with Gasteiger partial charge in [0.25, 0.3) is 12.4 Å². The van der Waals surface area contributed by atoms with Crippen molar-refractivity contribution in [2.75, 3.05) is 26.2 Å². The molecule has 2 N–H and O–H groups in total. The van der Waals surface area contributed by atoms with E-state index in [2.05, 4.69) is 34.3 Å². The number of rotatable bonds is 5. The average molecular weight is 369 g/mol. The fourth-order valence-electron chi connectivity index (χ4n) is 3.37. The van der Waals surface area contributed by atoms with Gasteiger partial charge in [-0.3, -0.25) is 19.5 Å². The molecule has 6 nitrogen and oxygen atoms in total. The molecule has 144 valence electrons. The van der Waals surface area contributed by atoms with Gasteiger partial charge in [-0.25, -0.2) is 0 Å². The lowest BCUT2D eigenvalue weighted by Crippen LogP contribution is -2.41. The number of nitrogens with one attached hydrogen (secondary N) is 1. The van der Waals surface area contributed by atoms with Gasteiger partial charge in [0.05, 0.1) is 5.52 Å². The van der Waals surface area contributed by atoms with Crippen LogP contribution in [-0.2, 0) is 4.79 Å². The molecular formula is C21H27N3O3. The number of benzene rings is 1. The SMILES string of the molecule is CC=CCN1CCCC(CNC(=O)c2cccc3ncccc23)C1.O=CO. The number of carboxylic acid groups (broad SMARTS) is 1. The van der Waals surface area contributed by atoms with E-state index in [1.807, 2.05) is 30.3 Å². The fraction of sp³-hybridized carbons (Fsp3) is 0.381. The second-order valence-corrected chi connectivity index (χ2v) is 6.53. The van der Waals surface area contributed by atoms with E-state index in [0.29, 0.717) is 11.5 Å². The van der Waals surface area contributed by atoms with Gasteiger partial charge in [0.15, 0.2) is 0 Å². The van der Waals surface area contributed by atoms with Crippen LogP contribution in [0.15, 0.2) is 48.7 Å². The van der Waals surface area contributed by atoms with Crippen LogP contribution in [0.1, 0.15) is 30.1 Å². The molecule has 6 heteroatoms. The smallest absolute Gasteiger partial charge is 0.290 e. The summed E-state index contributed by atoms with van der Waals surface area (Å²) in [5.41, 5.74) is 1.57.